The summed E-state index contributed by atoms with van der Waals surface area (Å²) in [6, 6.07) is 10.8. The highest BCUT2D eigenvalue weighted by molar-refractivity contribution is 14.1. The topological polar surface area (TPSA) is 12.9 Å². The van der Waals surface area contributed by atoms with Crippen molar-refractivity contribution in [1.82, 2.24) is 4.98 Å². The molecule has 3 heteroatoms. The Morgan fingerprint density at radius 2 is 2.06 bits per heavy atom. The summed E-state index contributed by atoms with van der Waals surface area (Å²) in [5, 5.41) is 0. The van der Waals surface area contributed by atoms with Crippen LogP contribution in [0.3, 0.4) is 0 Å². The number of halogens is 1. The van der Waals surface area contributed by atoms with Crippen molar-refractivity contribution in [2.45, 2.75) is 14.6 Å². The first-order chi connectivity index (χ1) is 7.86. The molecule has 3 rings (SSSR count). The Bertz CT molecular complexity index is 479. The largest absolute Gasteiger partial charge is 0.264 e. The molecule has 1 aliphatic heterocycles. The van der Waals surface area contributed by atoms with Crippen molar-refractivity contribution >= 4 is 34.4 Å². The van der Waals surface area contributed by atoms with Gasteiger partial charge in [0.25, 0.3) is 0 Å². The Morgan fingerprint density at radius 3 is 3.00 bits per heavy atom. The normalized spacial score (nSPS) is 18.4. The molecule has 0 amide bonds. The number of thioether (sulfide) groups is 1. The molecule has 0 N–H and O–H groups in total. The lowest BCUT2D eigenvalue weighted by molar-refractivity contribution is 1.10. The molecule has 2 aromatic rings. The minimum absolute atomic E-state index is 0.446. The number of pyridine rings is 1. The van der Waals surface area contributed by atoms with Crippen LogP contribution in [0.15, 0.2) is 47.6 Å². The minimum atomic E-state index is 0.446. The molecule has 0 radical (unpaired) electrons. The fourth-order valence-corrected chi connectivity index (χ4v) is 4.39. The van der Waals surface area contributed by atoms with E-state index in [0.717, 1.165) is 5.75 Å². The van der Waals surface area contributed by atoms with E-state index in [-0.39, 0.29) is 0 Å². The molecule has 80 valence electrons. The predicted molar refractivity (Wildman–Crippen MR) is 76.1 cm³/mol. The van der Waals surface area contributed by atoms with Crippen LogP contribution in [0.5, 0.6) is 0 Å². The van der Waals surface area contributed by atoms with Crippen molar-refractivity contribution in [3.05, 3.63) is 59.4 Å². The molecule has 1 nitrogen and oxygen atoms in total. The van der Waals surface area contributed by atoms with Gasteiger partial charge in [0.1, 0.15) is 0 Å². The van der Waals surface area contributed by atoms with Crippen LogP contribution in [0.1, 0.15) is 20.6 Å². The third kappa shape index (κ3) is 1.76. The molecule has 2 heterocycles. The first-order valence-corrected chi connectivity index (χ1v) is 7.38. The number of hydrogen-bond donors (Lipinski definition) is 0. The molecule has 1 aliphatic rings. The van der Waals surface area contributed by atoms with E-state index in [2.05, 4.69) is 57.9 Å². The van der Waals surface area contributed by atoms with Crippen molar-refractivity contribution in [3.8, 4) is 0 Å². The first kappa shape index (κ1) is 10.6. The summed E-state index contributed by atoms with van der Waals surface area (Å²) in [6.45, 7) is 0. The summed E-state index contributed by atoms with van der Waals surface area (Å²) in [6.07, 6.45) is 3.89. The van der Waals surface area contributed by atoms with Gasteiger partial charge < -0.3 is 0 Å². The molecule has 0 fully saturated rings. The molecule has 1 unspecified atom stereocenters. The highest BCUT2D eigenvalue weighted by Gasteiger charge is 2.20. The van der Waals surface area contributed by atoms with Crippen LogP contribution in [0.2, 0.25) is 0 Å². The van der Waals surface area contributed by atoms with Gasteiger partial charge in [-0.3, -0.25) is 4.98 Å². The van der Waals surface area contributed by atoms with Gasteiger partial charge in [0.05, 0.1) is 3.92 Å². The lowest BCUT2D eigenvalue weighted by Crippen LogP contribution is -1.95. The third-order valence-corrected chi connectivity index (χ3v) is 5.27. The van der Waals surface area contributed by atoms with E-state index in [9.17, 15) is 0 Å². The van der Waals surface area contributed by atoms with E-state index in [1.807, 2.05) is 24.2 Å². The van der Waals surface area contributed by atoms with Crippen LogP contribution in [0.4, 0.5) is 0 Å². The predicted octanol–water partition coefficient (Wildman–Crippen LogP) is 4.21. The summed E-state index contributed by atoms with van der Waals surface area (Å²) in [7, 11) is 0. The summed E-state index contributed by atoms with van der Waals surface area (Å²) in [5.41, 5.74) is 4.20. The molecule has 0 saturated carbocycles. The summed E-state index contributed by atoms with van der Waals surface area (Å²) in [5.74, 6) is 1.03. The van der Waals surface area contributed by atoms with Crippen molar-refractivity contribution in [2.75, 3.05) is 0 Å². The third-order valence-electron chi connectivity index (χ3n) is 2.79. The number of alkyl halides is 1. The Morgan fingerprint density at radius 1 is 1.19 bits per heavy atom. The number of benzene rings is 1. The van der Waals surface area contributed by atoms with Crippen LogP contribution in [-0.2, 0) is 5.75 Å². The van der Waals surface area contributed by atoms with Gasteiger partial charge in [-0.05, 0) is 28.8 Å². The summed E-state index contributed by atoms with van der Waals surface area (Å²) >= 11 is 4.43. The van der Waals surface area contributed by atoms with E-state index in [1.165, 1.54) is 21.6 Å². The van der Waals surface area contributed by atoms with Crippen LogP contribution >= 0.6 is 34.4 Å². The number of rotatable bonds is 0. The van der Waals surface area contributed by atoms with Gasteiger partial charge in [0.2, 0.25) is 0 Å². The van der Waals surface area contributed by atoms with Gasteiger partial charge >= 0.3 is 0 Å². The number of aromatic nitrogens is 1. The minimum Gasteiger partial charge on any atom is -0.264 e. The fraction of sp³-hybridized carbons (Fsp3) is 0.154. The van der Waals surface area contributed by atoms with Gasteiger partial charge in [-0.1, -0.05) is 40.8 Å². The van der Waals surface area contributed by atoms with Crippen LogP contribution in [0, 0.1) is 0 Å². The number of hydrogen-bond acceptors (Lipinski definition) is 2. The average molecular weight is 339 g/mol. The maximum absolute atomic E-state index is 4.22. The maximum Gasteiger partial charge on any atom is 0.0623 e. The van der Waals surface area contributed by atoms with E-state index in [4.69, 9.17) is 0 Å². The second-order valence-electron chi connectivity index (χ2n) is 3.76. The fourth-order valence-electron chi connectivity index (χ4n) is 1.95. The molecule has 0 aliphatic carbocycles. The molecule has 1 aromatic carbocycles. The lowest BCUT2D eigenvalue weighted by Gasteiger charge is -2.12. The van der Waals surface area contributed by atoms with Crippen LogP contribution in [-0.4, -0.2) is 4.98 Å². The van der Waals surface area contributed by atoms with Crippen molar-refractivity contribution in [2.24, 2.45) is 0 Å². The number of nitrogens with zero attached hydrogens (tertiary/aromatic N) is 1. The molecule has 0 saturated heterocycles. The van der Waals surface area contributed by atoms with E-state index in [1.54, 1.807) is 0 Å². The molecular weight excluding hydrogens is 329 g/mol. The van der Waals surface area contributed by atoms with E-state index in [0.29, 0.717) is 3.92 Å². The Labute approximate surface area is 113 Å². The number of fused-ring (bicyclic) bond motifs is 2. The maximum atomic E-state index is 4.22. The Kier molecular flexibility index (Phi) is 2.90. The molecule has 1 aromatic heterocycles. The van der Waals surface area contributed by atoms with Gasteiger partial charge in [0.15, 0.2) is 0 Å². The zero-order valence-electron chi connectivity index (χ0n) is 8.56. The SMILES string of the molecule is IC1c2ccncc2CSc2ccccc21. The second kappa shape index (κ2) is 4.37. The first-order valence-electron chi connectivity index (χ1n) is 5.15. The van der Waals surface area contributed by atoms with Gasteiger partial charge in [-0.2, -0.15) is 0 Å². The zero-order chi connectivity index (χ0) is 11.0. The molecular formula is C13H10INS. The van der Waals surface area contributed by atoms with E-state index >= 15 is 0 Å². The molecule has 0 bridgehead atoms. The lowest BCUT2D eigenvalue weighted by atomic mass is 10.0. The van der Waals surface area contributed by atoms with Crippen LogP contribution in [0.25, 0.3) is 0 Å². The Balaban J connectivity index is 2.18. The average Bonchev–Trinajstić information content (AvgIpc) is 2.49. The smallest absolute Gasteiger partial charge is 0.0623 e. The standard InChI is InChI=1S/C13H10INS/c14-13-10-5-6-15-7-9(10)8-16-12-4-2-1-3-11(12)13/h1-7,13H,8H2. The van der Waals surface area contributed by atoms with Gasteiger partial charge in [-0.15, -0.1) is 11.8 Å². The quantitative estimate of drug-likeness (QED) is 0.527. The van der Waals surface area contributed by atoms with E-state index < -0.39 is 0 Å². The molecule has 0 spiro atoms. The van der Waals surface area contributed by atoms with Crippen molar-refractivity contribution in [1.29, 1.82) is 0 Å². The van der Waals surface area contributed by atoms with Gasteiger partial charge in [0, 0.05) is 23.0 Å². The monoisotopic (exact) mass is 339 g/mol. The highest BCUT2D eigenvalue weighted by Crippen LogP contribution is 2.43. The molecule has 16 heavy (non-hydrogen) atoms. The molecule has 1 atom stereocenters. The van der Waals surface area contributed by atoms with Gasteiger partial charge in [-0.25, -0.2) is 0 Å². The summed E-state index contributed by atoms with van der Waals surface area (Å²) < 4.78 is 0.446. The van der Waals surface area contributed by atoms with Crippen molar-refractivity contribution in [3.63, 3.8) is 0 Å². The highest BCUT2D eigenvalue weighted by atomic mass is 127. The summed E-state index contributed by atoms with van der Waals surface area (Å²) in [4.78, 5) is 5.62. The zero-order valence-corrected chi connectivity index (χ0v) is 11.5. The Hall–Kier alpha value is -0.550. The second-order valence-corrected chi connectivity index (χ2v) is 6.03. The van der Waals surface area contributed by atoms with Crippen molar-refractivity contribution < 1.29 is 0 Å². The van der Waals surface area contributed by atoms with Crippen LogP contribution < -0.4 is 0 Å².